The van der Waals surface area contributed by atoms with Gasteiger partial charge in [0.2, 0.25) is 0 Å². The quantitative estimate of drug-likeness (QED) is 0.903. The topological polar surface area (TPSA) is 42.1 Å². The summed E-state index contributed by atoms with van der Waals surface area (Å²) in [5.74, 6) is 0.985. The largest absolute Gasteiger partial charge is 0.355 e. The van der Waals surface area contributed by atoms with Gasteiger partial charge in [-0.1, -0.05) is 6.07 Å². The van der Waals surface area contributed by atoms with Crippen LogP contribution in [0.5, 0.6) is 0 Å². The van der Waals surface area contributed by atoms with Crippen LogP contribution in [0.25, 0.3) is 0 Å². The van der Waals surface area contributed by atoms with E-state index in [0.29, 0.717) is 6.54 Å². The molecule has 0 fully saturated rings. The van der Waals surface area contributed by atoms with Crippen LogP contribution in [-0.2, 0) is 13.1 Å². The predicted molar refractivity (Wildman–Crippen MR) is 73.3 cm³/mol. The lowest BCUT2D eigenvalue weighted by Gasteiger charge is -2.20. The molecule has 0 aliphatic heterocycles. The molecule has 0 atom stereocenters. The van der Waals surface area contributed by atoms with Crippen molar-refractivity contribution >= 4 is 17.2 Å². The van der Waals surface area contributed by atoms with E-state index in [2.05, 4.69) is 39.8 Å². The Labute approximate surface area is 106 Å². The summed E-state index contributed by atoms with van der Waals surface area (Å²) in [5.41, 5.74) is 9.17. The van der Waals surface area contributed by atoms with E-state index < -0.39 is 0 Å². The maximum absolute atomic E-state index is 5.75. The van der Waals surface area contributed by atoms with Crippen molar-refractivity contribution in [3.63, 3.8) is 0 Å². The highest BCUT2D eigenvalue weighted by molar-refractivity contribution is 7.07. The number of nitrogens with zero attached hydrogens (tertiary/aromatic N) is 2. The minimum atomic E-state index is 0.524. The van der Waals surface area contributed by atoms with Crippen molar-refractivity contribution in [1.82, 2.24) is 4.98 Å². The smallest absolute Gasteiger partial charge is 0.133 e. The Morgan fingerprint density at radius 1 is 1.35 bits per heavy atom. The second kappa shape index (κ2) is 5.29. The third kappa shape index (κ3) is 2.84. The molecular weight excluding hydrogens is 230 g/mol. The molecule has 0 bridgehead atoms. The molecule has 0 aliphatic rings. The van der Waals surface area contributed by atoms with Crippen LogP contribution in [0.15, 0.2) is 29.0 Å². The van der Waals surface area contributed by atoms with Crippen LogP contribution in [0.3, 0.4) is 0 Å². The number of pyridine rings is 1. The average molecular weight is 247 g/mol. The summed E-state index contributed by atoms with van der Waals surface area (Å²) in [6.45, 7) is 3.39. The second-order valence-corrected chi connectivity index (χ2v) is 4.91. The van der Waals surface area contributed by atoms with E-state index >= 15 is 0 Å². The number of aryl methyl sites for hydroxylation is 1. The lowest BCUT2D eigenvalue weighted by atomic mass is 10.2. The molecule has 0 saturated heterocycles. The molecule has 17 heavy (non-hydrogen) atoms. The van der Waals surface area contributed by atoms with Gasteiger partial charge in [-0.3, -0.25) is 0 Å². The fraction of sp³-hybridized carbons (Fsp3) is 0.308. The van der Waals surface area contributed by atoms with Gasteiger partial charge >= 0.3 is 0 Å². The van der Waals surface area contributed by atoms with E-state index in [9.17, 15) is 0 Å². The summed E-state index contributed by atoms with van der Waals surface area (Å²) < 4.78 is 0. The first-order chi connectivity index (χ1) is 8.20. The lowest BCUT2D eigenvalue weighted by Crippen LogP contribution is -2.20. The van der Waals surface area contributed by atoms with Gasteiger partial charge in [0.05, 0.1) is 0 Å². The third-order valence-corrected chi connectivity index (χ3v) is 3.41. The van der Waals surface area contributed by atoms with E-state index in [1.54, 1.807) is 11.3 Å². The fourth-order valence-corrected chi connectivity index (χ4v) is 2.45. The summed E-state index contributed by atoms with van der Waals surface area (Å²) in [7, 11) is 2.05. The first-order valence-corrected chi connectivity index (χ1v) is 6.54. The minimum Gasteiger partial charge on any atom is -0.355 e. The average Bonchev–Trinajstić information content (AvgIpc) is 2.81. The highest BCUT2D eigenvalue weighted by Gasteiger charge is 2.09. The zero-order valence-corrected chi connectivity index (χ0v) is 11.0. The molecule has 2 aromatic rings. The van der Waals surface area contributed by atoms with E-state index in [4.69, 9.17) is 5.73 Å². The van der Waals surface area contributed by atoms with Crippen LogP contribution in [0.1, 0.15) is 16.8 Å². The molecule has 90 valence electrons. The summed E-state index contributed by atoms with van der Waals surface area (Å²) in [6, 6.07) is 6.20. The first kappa shape index (κ1) is 12.1. The van der Waals surface area contributed by atoms with E-state index in [-0.39, 0.29) is 0 Å². The Morgan fingerprint density at radius 3 is 2.82 bits per heavy atom. The Balaban J connectivity index is 2.23. The van der Waals surface area contributed by atoms with Crippen LogP contribution in [0.2, 0.25) is 0 Å². The Kier molecular flexibility index (Phi) is 3.76. The van der Waals surface area contributed by atoms with Crippen molar-refractivity contribution in [2.75, 3.05) is 11.9 Å². The highest BCUT2D eigenvalue weighted by Crippen LogP contribution is 2.19. The Bertz CT molecular complexity index is 479. The molecule has 0 saturated carbocycles. The van der Waals surface area contributed by atoms with E-state index in [1.165, 1.54) is 5.56 Å². The normalized spacial score (nSPS) is 10.5. The molecule has 2 N–H and O–H groups in total. The van der Waals surface area contributed by atoms with Crippen molar-refractivity contribution in [3.8, 4) is 0 Å². The lowest BCUT2D eigenvalue weighted by molar-refractivity contribution is 0.873. The van der Waals surface area contributed by atoms with Crippen LogP contribution in [-0.4, -0.2) is 12.0 Å². The number of hydrogen-bond donors (Lipinski definition) is 1. The molecule has 0 spiro atoms. The monoisotopic (exact) mass is 247 g/mol. The van der Waals surface area contributed by atoms with Crippen LogP contribution >= 0.6 is 11.3 Å². The number of hydrogen-bond acceptors (Lipinski definition) is 4. The molecule has 0 amide bonds. The van der Waals surface area contributed by atoms with Gasteiger partial charge in [0.1, 0.15) is 5.82 Å². The molecule has 4 heteroatoms. The van der Waals surface area contributed by atoms with Gasteiger partial charge in [0.15, 0.2) is 0 Å². The van der Waals surface area contributed by atoms with Crippen molar-refractivity contribution < 1.29 is 0 Å². The first-order valence-electron chi connectivity index (χ1n) is 5.59. The number of anilines is 1. The number of rotatable bonds is 4. The van der Waals surface area contributed by atoms with Crippen molar-refractivity contribution in [2.45, 2.75) is 20.0 Å². The number of aromatic nitrogens is 1. The van der Waals surface area contributed by atoms with Crippen molar-refractivity contribution in [1.29, 1.82) is 0 Å². The van der Waals surface area contributed by atoms with Gasteiger partial charge in [0.25, 0.3) is 0 Å². The fourth-order valence-electron chi connectivity index (χ4n) is 1.79. The molecule has 2 aromatic heterocycles. The van der Waals surface area contributed by atoms with Gasteiger partial charge in [-0.25, -0.2) is 4.98 Å². The standard InChI is InChI=1S/C13H17N3S/c1-10-3-4-12(7-14)13(15-10)16(2)8-11-5-6-17-9-11/h3-6,9H,7-8,14H2,1-2H3. The summed E-state index contributed by atoms with van der Waals surface area (Å²) >= 11 is 1.72. The molecule has 0 aromatic carbocycles. The molecule has 0 radical (unpaired) electrons. The van der Waals surface area contributed by atoms with Gasteiger partial charge in [-0.05, 0) is 35.4 Å². The van der Waals surface area contributed by atoms with Crippen molar-refractivity contribution in [2.24, 2.45) is 5.73 Å². The summed E-state index contributed by atoms with van der Waals surface area (Å²) in [5, 5.41) is 4.26. The summed E-state index contributed by atoms with van der Waals surface area (Å²) in [4.78, 5) is 6.72. The second-order valence-electron chi connectivity index (χ2n) is 4.13. The van der Waals surface area contributed by atoms with Crippen LogP contribution in [0, 0.1) is 6.92 Å². The molecule has 2 rings (SSSR count). The van der Waals surface area contributed by atoms with Gasteiger partial charge in [0, 0.05) is 31.4 Å². The zero-order chi connectivity index (χ0) is 12.3. The van der Waals surface area contributed by atoms with Gasteiger partial charge < -0.3 is 10.6 Å². The summed E-state index contributed by atoms with van der Waals surface area (Å²) in [6.07, 6.45) is 0. The van der Waals surface area contributed by atoms with E-state index in [1.807, 2.05) is 13.0 Å². The number of thiophene rings is 1. The molecule has 0 unspecified atom stereocenters. The number of nitrogens with two attached hydrogens (primary N) is 1. The SMILES string of the molecule is Cc1ccc(CN)c(N(C)Cc2ccsc2)n1. The van der Waals surface area contributed by atoms with Crippen molar-refractivity contribution in [3.05, 3.63) is 45.8 Å². The van der Waals surface area contributed by atoms with Gasteiger partial charge in [-0.15, -0.1) is 0 Å². The molecule has 3 nitrogen and oxygen atoms in total. The third-order valence-electron chi connectivity index (χ3n) is 2.68. The predicted octanol–water partition coefficient (Wildman–Crippen LogP) is 2.55. The molecular formula is C13H17N3S. The maximum atomic E-state index is 5.75. The van der Waals surface area contributed by atoms with E-state index in [0.717, 1.165) is 23.6 Å². The Hall–Kier alpha value is -1.39. The maximum Gasteiger partial charge on any atom is 0.133 e. The molecule has 0 aliphatic carbocycles. The highest BCUT2D eigenvalue weighted by atomic mass is 32.1. The van der Waals surface area contributed by atoms with Crippen LogP contribution in [0.4, 0.5) is 5.82 Å². The minimum absolute atomic E-state index is 0.524. The zero-order valence-electron chi connectivity index (χ0n) is 10.2. The van der Waals surface area contributed by atoms with Gasteiger partial charge in [-0.2, -0.15) is 11.3 Å². The van der Waals surface area contributed by atoms with Crippen LogP contribution < -0.4 is 10.6 Å². The molecule has 2 heterocycles. The Morgan fingerprint density at radius 2 is 2.18 bits per heavy atom.